The summed E-state index contributed by atoms with van der Waals surface area (Å²) in [6.07, 6.45) is 2.96. The van der Waals surface area contributed by atoms with Gasteiger partial charge in [0.05, 0.1) is 24.3 Å². The number of nitrogens with zero attached hydrogens (tertiary/aromatic N) is 3. The molecule has 0 aliphatic rings. The van der Waals surface area contributed by atoms with E-state index in [-0.39, 0.29) is 6.42 Å². The van der Waals surface area contributed by atoms with Gasteiger partial charge in [-0.1, -0.05) is 12.1 Å². The van der Waals surface area contributed by atoms with Gasteiger partial charge >= 0.3 is 0 Å². The lowest BCUT2D eigenvalue weighted by molar-refractivity contribution is 0.183. The molecule has 0 saturated carbocycles. The maximum Gasteiger partial charge on any atom is 0.0919 e. The van der Waals surface area contributed by atoms with Gasteiger partial charge in [-0.3, -0.25) is 0 Å². The maximum absolute atomic E-state index is 9.60. The van der Waals surface area contributed by atoms with Crippen LogP contribution in [-0.2, 0) is 0 Å². The van der Waals surface area contributed by atoms with Crippen molar-refractivity contribution in [3.63, 3.8) is 0 Å². The van der Waals surface area contributed by atoms with Crippen molar-refractivity contribution in [2.75, 3.05) is 0 Å². The summed E-state index contributed by atoms with van der Waals surface area (Å²) >= 11 is 0. The van der Waals surface area contributed by atoms with Gasteiger partial charge in [-0.05, 0) is 23.8 Å². The fourth-order valence-electron chi connectivity index (χ4n) is 1.48. The van der Waals surface area contributed by atoms with Crippen LogP contribution in [0.2, 0.25) is 0 Å². The van der Waals surface area contributed by atoms with E-state index < -0.39 is 6.10 Å². The summed E-state index contributed by atoms with van der Waals surface area (Å²) in [5.41, 5.74) is 1.68. The quantitative estimate of drug-likeness (QED) is 0.845. The molecule has 1 heterocycles. The van der Waals surface area contributed by atoms with Crippen LogP contribution in [0, 0.1) is 11.3 Å². The van der Waals surface area contributed by atoms with Crippen molar-refractivity contribution in [2.24, 2.45) is 0 Å². The lowest BCUT2D eigenvalue weighted by Crippen LogP contribution is -1.98. The molecule has 2 aromatic rings. The van der Waals surface area contributed by atoms with Gasteiger partial charge in [0.2, 0.25) is 0 Å². The first-order chi connectivity index (χ1) is 7.81. The van der Waals surface area contributed by atoms with E-state index in [1.165, 1.54) is 0 Å². The molecule has 4 heteroatoms. The number of aliphatic hydroxyl groups excluding tert-OH is 1. The van der Waals surface area contributed by atoms with E-state index in [2.05, 4.69) is 5.10 Å². The van der Waals surface area contributed by atoms with Crippen molar-refractivity contribution in [2.45, 2.75) is 12.5 Å². The van der Waals surface area contributed by atoms with E-state index in [4.69, 9.17) is 5.26 Å². The van der Waals surface area contributed by atoms with Crippen LogP contribution in [0.3, 0.4) is 0 Å². The highest BCUT2D eigenvalue weighted by atomic mass is 16.3. The molecule has 16 heavy (non-hydrogen) atoms. The Balaban J connectivity index is 2.20. The summed E-state index contributed by atoms with van der Waals surface area (Å²) in [6.45, 7) is 0. The second-order valence-corrected chi connectivity index (χ2v) is 3.42. The first-order valence-electron chi connectivity index (χ1n) is 4.96. The van der Waals surface area contributed by atoms with E-state index in [9.17, 15) is 5.11 Å². The molecule has 1 atom stereocenters. The lowest BCUT2D eigenvalue weighted by Gasteiger charge is -2.07. The van der Waals surface area contributed by atoms with Gasteiger partial charge in [-0.25, -0.2) is 4.68 Å². The van der Waals surface area contributed by atoms with Crippen LogP contribution in [-0.4, -0.2) is 14.9 Å². The van der Waals surface area contributed by atoms with Crippen LogP contribution in [0.4, 0.5) is 0 Å². The zero-order valence-electron chi connectivity index (χ0n) is 8.61. The highest BCUT2D eigenvalue weighted by Gasteiger charge is 2.06. The Kier molecular flexibility index (Phi) is 2.99. The highest BCUT2D eigenvalue weighted by Crippen LogP contribution is 2.17. The molecule has 80 valence electrons. The van der Waals surface area contributed by atoms with Crippen molar-refractivity contribution in [3.8, 4) is 11.8 Å². The Hall–Kier alpha value is -2.12. The molecule has 0 spiro atoms. The minimum Gasteiger partial charge on any atom is -0.387 e. The third-order valence-electron chi connectivity index (χ3n) is 2.33. The molecule has 1 aromatic heterocycles. The predicted molar refractivity (Wildman–Crippen MR) is 58.8 cm³/mol. The Morgan fingerprint density at radius 2 is 2.12 bits per heavy atom. The fraction of sp³-hybridized carbons (Fsp3) is 0.167. The summed E-state index contributed by atoms with van der Waals surface area (Å²) in [5.74, 6) is 0. The first-order valence-corrected chi connectivity index (χ1v) is 4.96. The van der Waals surface area contributed by atoms with Crippen LogP contribution in [0.5, 0.6) is 0 Å². The van der Waals surface area contributed by atoms with Crippen molar-refractivity contribution in [1.82, 2.24) is 9.78 Å². The maximum atomic E-state index is 9.60. The number of rotatable bonds is 3. The van der Waals surface area contributed by atoms with E-state index in [1.807, 2.05) is 30.5 Å². The van der Waals surface area contributed by atoms with Crippen molar-refractivity contribution >= 4 is 0 Å². The smallest absolute Gasteiger partial charge is 0.0919 e. The van der Waals surface area contributed by atoms with Gasteiger partial charge in [-0.2, -0.15) is 10.4 Å². The molecule has 0 fully saturated rings. The molecule has 0 bridgehead atoms. The van der Waals surface area contributed by atoms with Crippen LogP contribution in [0.1, 0.15) is 18.1 Å². The molecule has 1 aromatic carbocycles. The molecular formula is C12H11N3O. The van der Waals surface area contributed by atoms with Crippen molar-refractivity contribution in [3.05, 3.63) is 48.3 Å². The first kappa shape index (κ1) is 10.4. The summed E-state index contributed by atoms with van der Waals surface area (Å²) in [4.78, 5) is 0. The molecule has 2 rings (SSSR count). The van der Waals surface area contributed by atoms with Crippen LogP contribution >= 0.6 is 0 Å². The topological polar surface area (TPSA) is 61.8 Å². The summed E-state index contributed by atoms with van der Waals surface area (Å²) in [5, 5.41) is 22.2. The number of benzene rings is 1. The average molecular weight is 213 g/mol. The minimum atomic E-state index is -0.711. The molecule has 0 aliphatic heterocycles. The average Bonchev–Trinajstić information content (AvgIpc) is 2.83. The van der Waals surface area contributed by atoms with Gasteiger partial charge in [0.25, 0.3) is 0 Å². The number of aromatic nitrogens is 2. The highest BCUT2D eigenvalue weighted by molar-refractivity contribution is 5.34. The molecule has 0 saturated heterocycles. The van der Waals surface area contributed by atoms with E-state index in [1.54, 1.807) is 23.0 Å². The van der Waals surface area contributed by atoms with Crippen molar-refractivity contribution in [1.29, 1.82) is 5.26 Å². The van der Waals surface area contributed by atoms with Crippen LogP contribution in [0.25, 0.3) is 5.69 Å². The van der Waals surface area contributed by atoms with E-state index in [0.717, 1.165) is 11.3 Å². The largest absolute Gasteiger partial charge is 0.387 e. The number of aliphatic hydroxyl groups is 1. The molecule has 0 radical (unpaired) electrons. The number of hydrogen-bond donors (Lipinski definition) is 1. The Labute approximate surface area is 93.4 Å². The number of nitriles is 1. The normalized spacial score (nSPS) is 12.0. The Morgan fingerprint density at radius 1 is 1.38 bits per heavy atom. The standard InChI is InChI=1S/C12H11N3O/c13-7-6-12(16)10-2-4-11(5-3-10)15-9-1-8-14-15/h1-5,8-9,12,16H,6H2. The minimum absolute atomic E-state index is 0.112. The zero-order valence-corrected chi connectivity index (χ0v) is 8.61. The Morgan fingerprint density at radius 3 is 2.69 bits per heavy atom. The molecule has 4 nitrogen and oxygen atoms in total. The third kappa shape index (κ3) is 2.10. The summed E-state index contributed by atoms with van der Waals surface area (Å²) in [6, 6.07) is 11.1. The molecule has 0 aliphatic carbocycles. The molecule has 1 N–H and O–H groups in total. The second-order valence-electron chi connectivity index (χ2n) is 3.42. The number of hydrogen-bond acceptors (Lipinski definition) is 3. The van der Waals surface area contributed by atoms with E-state index in [0.29, 0.717) is 0 Å². The van der Waals surface area contributed by atoms with Gasteiger partial charge in [0, 0.05) is 12.4 Å². The SMILES string of the molecule is N#CCC(O)c1ccc(-n2cccn2)cc1. The van der Waals surface area contributed by atoms with Crippen LogP contribution in [0.15, 0.2) is 42.7 Å². The molecular weight excluding hydrogens is 202 g/mol. The predicted octanol–water partition coefficient (Wildman–Crippen LogP) is 1.82. The van der Waals surface area contributed by atoms with Crippen molar-refractivity contribution < 1.29 is 5.11 Å². The third-order valence-corrected chi connectivity index (χ3v) is 2.33. The zero-order chi connectivity index (χ0) is 11.4. The van der Waals surface area contributed by atoms with Gasteiger partial charge in [0.15, 0.2) is 0 Å². The lowest BCUT2D eigenvalue weighted by atomic mass is 10.1. The van der Waals surface area contributed by atoms with Gasteiger partial charge < -0.3 is 5.11 Å². The Bertz CT molecular complexity index is 482. The summed E-state index contributed by atoms with van der Waals surface area (Å²) in [7, 11) is 0. The fourth-order valence-corrected chi connectivity index (χ4v) is 1.48. The van der Waals surface area contributed by atoms with Gasteiger partial charge in [-0.15, -0.1) is 0 Å². The van der Waals surface area contributed by atoms with Gasteiger partial charge in [0.1, 0.15) is 0 Å². The monoisotopic (exact) mass is 213 g/mol. The van der Waals surface area contributed by atoms with Crippen LogP contribution < -0.4 is 0 Å². The van der Waals surface area contributed by atoms with E-state index >= 15 is 0 Å². The molecule has 0 amide bonds. The summed E-state index contributed by atoms with van der Waals surface area (Å²) < 4.78 is 1.74. The molecule has 1 unspecified atom stereocenters. The second kappa shape index (κ2) is 4.60.